The fraction of sp³-hybridized carbons (Fsp3) is 1.00. The van der Waals surface area contributed by atoms with Gasteiger partial charge in [0, 0.05) is 0 Å². The molecular formula is C8H18S2. The number of hydrogen-bond acceptors (Lipinski definition) is 2. The van der Waals surface area contributed by atoms with E-state index < -0.39 is 0 Å². The Morgan fingerprint density at radius 3 is 1.40 bits per heavy atom. The molecule has 0 atom stereocenters. The molecule has 10 heavy (non-hydrogen) atoms. The van der Waals surface area contributed by atoms with Gasteiger partial charge in [-0.25, -0.2) is 0 Å². The van der Waals surface area contributed by atoms with Crippen molar-refractivity contribution in [3.05, 3.63) is 0 Å². The van der Waals surface area contributed by atoms with E-state index in [0.717, 1.165) is 0 Å². The zero-order valence-corrected chi connectivity index (χ0v) is 8.69. The van der Waals surface area contributed by atoms with Gasteiger partial charge in [0.15, 0.2) is 0 Å². The molecule has 0 N–H and O–H groups in total. The Bertz CT molecular complexity index is 47.2. The van der Waals surface area contributed by atoms with E-state index in [-0.39, 0.29) is 0 Å². The van der Waals surface area contributed by atoms with E-state index in [1.807, 2.05) is 23.5 Å². The third kappa shape index (κ3) is 8.70. The topological polar surface area (TPSA) is 0 Å². The molecule has 0 amide bonds. The fourth-order valence-electron chi connectivity index (χ4n) is 0.846. The second-order valence-corrected chi connectivity index (χ2v) is 4.37. The van der Waals surface area contributed by atoms with Crippen LogP contribution in [0.1, 0.15) is 25.7 Å². The lowest BCUT2D eigenvalue weighted by Crippen LogP contribution is -1.82. The van der Waals surface area contributed by atoms with Crippen molar-refractivity contribution in [2.24, 2.45) is 0 Å². The molecule has 0 bridgehead atoms. The van der Waals surface area contributed by atoms with Crippen LogP contribution < -0.4 is 0 Å². The molecule has 62 valence electrons. The van der Waals surface area contributed by atoms with E-state index in [1.54, 1.807) is 0 Å². The van der Waals surface area contributed by atoms with Crippen LogP contribution in [0.4, 0.5) is 0 Å². The van der Waals surface area contributed by atoms with E-state index in [2.05, 4.69) is 12.5 Å². The van der Waals surface area contributed by atoms with Crippen molar-refractivity contribution < 1.29 is 0 Å². The highest BCUT2D eigenvalue weighted by atomic mass is 32.2. The average Bonchev–Trinajstić information content (AvgIpc) is 1.97. The Kier molecular flexibility index (Phi) is 10.4. The molecule has 0 aliphatic carbocycles. The largest absolute Gasteiger partial charge is 0.165 e. The second kappa shape index (κ2) is 9.70. The summed E-state index contributed by atoms with van der Waals surface area (Å²) in [6.07, 6.45) is 10.1. The minimum Gasteiger partial charge on any atom is -0.165 e. The summed E-state index contributed by atoms with van der Waals surface area (Å²) in [5.74, 6) is 2.69. The van der Waals surface area contributed by atoms with E-state index in [1.165, 1.54) is 37.2 Å². The zero-order valence-electron chi connectivity index (χ0n) is 7.06. The summed E-state index contributed by atoms with van der Waals surface area (Å²) in [5.41, 5.74) is 0. The monoisotopic (exact) mass is 178 g/mol. The lowest BCUT2D eigenvalue weighted by Gasteiger charge is -1.97. The maximum atomic E-state index is 2.18. The molecular weight excluding hydrogens is 160 g/mol. The first kappa shape index (κ1) is 10.7. The molecule has 0 aromatic carbocycles. The van der Waals surface area contributed by atoms with Gasteiger partial charge in [-0.1, -0.05) is 12.8 Å². The molecule has 0 spiro atoms. The van der Waals surface area contributed by atoms with Gasteiger partial charge in [0.1, 0.15) is 0 Å². The molecule has 0 aromatic rings. The van der Waals surface area contributed by atoms with Crippen molar-refractivity contribution in [3.63, 3.8) is 0 Å². The Balaban J connectivity index is 2.65. The predicted molar refractivity (Wildman–Crippen MR) is 55.2 cm³/mol. The van der Waals surface area contributed by atoms with Gasteiger partial charge in [0.2, 0.25) is 0 Å². The molecule has 0 rings (SSSR count). The first-order valence-electron chi connectivity index (χ1n) is 3.89. The van der Waals surface area contributed by atoms with Gasteiger partial charge >= 0.3 is 0 Å². The zero-order chi connectivity index (χ0) is 7.66. The molecule has 0 aliphatic heterocycles. The summed E-state index contributed by atoms with van der Waals surface area (Å²) in [6, 6.07) is 0. The molecule has 0 nitrogen and oxygen atoms in total. The van der Waals surface area contributed by atoms with Gasteiger partial charge in [0.25, 0.3) is 0 Å². The molecule has 0 saturated heterocycles. The highest BCUT2D eigenvalue weighted by molar-refractivity contribution is 7.98. The van der Waals surface area contributed by atoms with Crippen LogP contribution in [0.5, 0.6) is 0 Å². The Hall–Kier alpha value is 0.700. The Morgan fingerprint density at radius 1 is 0.700 bits per heavy atom. The Morgan fingerprint density at radius 2 is 1.10 bits per heavy atom. The van der Waals surface area contributed by atoms with Crippen LogP contribution in [0.2, 0.25) is 0 Å². The lowest BCUT2D eigenvalue weighted by molar-refractivity contribution is 0.711. The average molecular weight is 178 g/mol. The molecule has 0 aromatic heterocycles. The third-order valence-electron chi connectivity index (χ3n) is 1.45. The third-order valence-corrected chi connectivity index (χ3v) is 2.84. The summed E-state index contributed by atoms with van der Waals surface area (Å²) >= 11 is 3.92. The quantitative estimate of drug-likeness (QED) is 0.549. The maximum absolute atomic E-state index is 2.18. The van der Waals surface area contributed by atoms with Crippen molar-refractivity contribution in [3.8, 4) is 0 Å². The first-order chi connectivity index (χ1) is 4.91. The molecule has 0 fully saturated rings. The molecule has 0 heterocycles. The van der Waals surface area contributed by atoms with Crippen LogP contribution in [0, 0.1) is 0 Å². The number of hydrogen-bond donors (Lipinski definition) is 0. The first-order valence-corrected chi connectivity index (χ1v) is 6.68. The van der Waals surface area contributed by atoms with Crippen molar-refractivity contribution in [1.82, 2.24) is 0 Å². The van der Waals surface area contributed by atoms with Crippen molar-refractivity contribution in [1.29, 1.82) is 0 Å². The molecule has 0 aliphatic rings. The van der Waals surface area contributed by atoms with Gasteiger partial charge in [-0.2, -0.15) is 23.5 Å². The van der Waals surface area contributed by atoms with Crippen LogP contribution in [-0.4, -0.2) is 24.0 Å². The van der Waals surface area contributed by atoms with Crippen molar-refractivity contribution in [2.45, 2.75) is 25.7 Å². The maximum Gasteiger partial charge on any atom is -0.00703 e. The summed E-state index contributed by atoms with van der Waals surface area (Å²) in [4.78, 5) is 0. The highest BCUT2D eigenvalue weighted by Crippen LogP contribution is 2.06. The van der Waals surface area contributed by atoms with Crippen LogP contribution in [0.15, 0.2) is 0 Å². The van der Waals surface area contributed by atoms with Gasteiger partial charge < -0.3 is 0 Å². The van der Waals surface area contributed by atoms with Crippen molar-refractivity contribution >= 4 is 23.5 Å². The minimum absolute atomic E-state index is 1.35. The van der Waals surface area contributed by atoms with Gasteiger partial charge in [-0.15, -0.1) is 0 Å². The number of rotatable bonds is 7. The van der Waals surface area contributed by atoms with Crippen molar-refractivity contribution in [2.75, 3.05) is 24.0 Å². The van der Waals surface area contributed by atoms with Crippen LogP contribution >= 0.6 is 23.5 Å². The molecule has 0 radical (unpaired) electrons. The van der Waals surface area contributed by atoms with Gasteiger partial charge in [-0.3, -0.25) is 0 Å². The summed E-state index contributed by atoms with van der Waals surface area (Å²) in [5, 5.41) is 0. The van der Waals surface area contributed by atoms with Gasteiger partial charge in [-0.05, 0) is 36.9 Å². The van der Waals surface area contributed by atoms with Crippen LogP contribution in [0.3, 0.4) is 0 Å². The van der Waals surface area contributed by atoms with E-state index in [4.69, 9.17) is 0 Å². The highest BCUT2D eigenvalue weighted by Gasteiger charge is 1.87. The van der Waals surface area contributed by atoms with Crippen LogP contribution in [-0.2, 0) is 0 Å². The SMILES string of the molecule is CSCCCCCCSC. The fourth-order valence-corrected chi connectivity index (χ4v) is 1.83. The van der Waals surface area contributed by atoms with E-state index in [0.29, 0.717) is 0 Å². The normalized spacial score (nSPS) is 10.2. The number of unbranched alkanes of at least 4 members (excludes halogenated alkanes) is 3. The number of thioether (sulfide) groups is 2. The summed E-state index contributed by atoms with van der Waals surface area (Å²) in [7, 11) is 0. The predicted octanol–water partition coefficient (Wildman–Crippen LogP) is 3.27. The molecule has 2 heteroatoms. The lowest BCUT2D eigenvalue weighted by atomic mass is 10.2. The molecule has 0 saturated carbocycles. The van der Waals surface area contributed by atoms with E-state index >= 15 is 0 Å². The van der Waals surface area contributed by atoms with E-state index in [9.17, 15) is 0 Å². The smallest absolute Gasteiger partial charge is 0.00703 e. The second-order valence-electron chi connectivity index (χ2n) is 2.40. The van der Waals surface area contributed by atoms with Gasteiger partial charge in [0.05, 0.1) is 0 Å². The van der Waals surface area contributed by atoms with Crippen LogP contribution in [0.25, 0.3) is 0 Å². The Labute approximate surface area is 73.5 Å². The summed E-state index contributed by atoms with van der Waals surface area (Å²) in [6.45, 7) is 0. The molecule has 0 unspecified atom stereocenters. The minimum atomic E-state index is 1.35. The standard InChI is InChI=1S/C8H18S2/c1-9-7-5-3-4-6-8-10-2/h3-8H2,1-2H3. The summed E-state index contributed by atoms with van der Waals surface area (Å²) < 4.78 is 0.